The van der Waals surface area contributed by atoms with Gasteiger partial charge in [0, 0.05) is 44.0 Å². The Hall–Kier alpha value is -2.79. The first-order valence-electron chi connectivity index (χ1n) is 14.5. The Morgan fingerprint density at radius 1 is 0.976 bits per heavy atom. The summed E-state index contributed by atoms with van der Waals surface area (Å²) in [5, 5.41) is 13.0. The maximum absolute atomic E-state index is 13.3. The van der Waals surface area contributed by atoms with Gasteiger partial charge >= 0.3 is 6.03 Å². The Kier molecular flexibility index (Phi) is 12.5. The number of sulfonamides is 1. The first-order chi connectivity index (χ1) is 19.5. The number of amides is 2. The number of allylic oxidation sites excluding steroid dienone is 1. The second kappa shape index (κ2) is 15.6. The number of aliphatic hydroxyl groups is 1. The second-order valence-corrected chi connectivity index (χ2v) is 13.3. The largest absolute Gasteiger partial charge is 0.457 e. The molecule has 1 saturated carbocycles. The molecule has 0 aromatic heterocycles. The van der Waals surface area contributed by atoms with Gasteiger partial charge in [-0.05, 0) is 94.3 Å². The molecule has 2 aromatic carbocycles. The summed E-state index contributed by atoms with van der Waals surface area (Å²) < 4.78 is 31.1. The minimum atomic E-state index is -3.31. The SMILES string of the molecule is CC(C)=CCN(C(=O)N[C@H]1CC[C@@H](O)CC1)C1CCN(Cc2ccc(Oc3ccc(NS(C)(=O)=O)cc3)cc2)CC1.Cl. The van der Waals surface area contributed by atoms with Gasteiger partial charge in [0.25, 0.3) is 0 Å². The minimum Gasteiger partial charge on any atom is -0.457 e. The number of urea groups is 1. The van der Waals surface area contributed by atoms with E-state index in [4.69, 9.17) is 4.74 Å². The monoisotopic (exact) mass is 620 g/mol. The highest BCUT2D eigenvalue weighted by Gasteiger charge is 2.29. The molecule has 232 valence electrons. The third-order valence-corrected chi connectivity index (χ3v) is 8.31. The number of likely N-dealkylation sites (tertiary alicyclic amines) is 1. The van der Waals surface area contributed by atoms with Gasteiger partial charge in [0.15, 0.2) is 0 Å². The molecule has 0 radical (unpaired) electrons. The van der Waals surface area contributed by atoms with Crippen LogP contribution in [0.1, 0.15) is 57.9 Å². The summed E-state index contributed by atoms with van der Waals surface area (Å²) in [7, 11) is -3.31. The highest BCUT2D eigenvalue weighted by atomic mass is 35.5. The van der Waals surface area contributed by atoms with Crippen LogP contribution in [0.15, 0.2) is 60.2 Å². The Morgan fingerprint density at radius 3 is 2.10 bits per heavy atom. The third kappa shape index (κ3) is 10.8. The highest BCUT2D eigenvalue weighted by molar-refractivity contribution is 7.92. The molecule has 2 aliphatic rings. The van der Waals surface area contributed by atoms with Crippen LogP contribution in [0.3, 0.4) is 0 Å². The van der Waals surface area contributed by atoms with Crippen molar-refractivity contribution in [3.05, 3.63) is 65.7 Å². The van der Waals surface area contributed by atoms with Crippen molar-refractivity contribution in [2.24, 2.45) is 0 Å². The van der Waals surface area contributed by atoms with Crippen LogP contribution < -0.4 is 14.8 Å². The molecule has 2 fully saturated rings. The lowest BCUT2D eigenvalue weighted by Crippen LogP contribution is -2.53. The molecule has 0 atom stereocenters. The number of benzene rings is 2. The van der Waals surface area contributed by atoms with Crippen molar-refractivity contribution in [1.29, 1.82) is 0 Å². The highest BCUT2D eigenvalue weighted by Crippen LogP contribution is 2.25. The van der Waals surface area contributed by atoms with Crippen LogP contribution >= 0.6 is 12.4 Å². The zero-order valence-corrected chi connectivity index (χ0v) is 26.4. The molecule has 11 heteroatoms. The fourth-order valence-corrected chi connectivity index (χ4v) is 5.97. The number of anilines is 1. The van der Waals surface area contributed by atoms with Crippen molar-refractivity contribution in [2.75, 3.05) is 30.6 Å². The van der Waals surface area contributed by atoms with Gasteiger partial charge in [-0.2, -0.15) is 0 Å². The van der Waals surface area contributed by atoms with Crippen LogP contribution in [0.2, 0.25) is 0 Å². The van der Waals surface area contributed by atoms with Crippen LogP contribution in [0.25, 0.3) is 0 Å². The van der Waals surface area contributed by atoms with Crippen molar-refractivity contribution in [3.63, 3.8) is 0 Å². The predicted octanol–water partition coefficient (Wildman–Crippen LogP) is 5.52. The van der Waals surface area contributed by atoms with E-state index in [1.54, 1.807) is 24.3 Å². The fraction of sp³-hybridized carbons (Fsp3) is 0.516. The number of halogens is 1. The summed E-state index contributed by atoms with van der Waals surface area (Å²) in [4.78, 5) is 17.7. The number of rotatable bonds is 10. The molecule has 4 rings (SSSR count). The predicted molar refractivity (Wildman–Crippen MR) is 170 cm³/mol. The van der Waals surface area contributed by atoms with Crippen molar-refractivity contribution in [1.82, 2.24) is 15.1 Å². The van der Waals surface area contributed by atoms with Crippen LogP contribution in [0, 0.1) is 0 Å². The maximum Gasteiger partial charge on any atom is 0.318 e. The Labute approximate surface area is 256 Å². The van der Waals surface area contributed by atoms with Crippen molar-refractivity contribution >= 4 is 34.1 Å². The molecule has 1 aliphatic heterocycles. The van der Waals surface area contributed by atoms with Crippen LogP contribution in [-0.2, 0) is 16.6 Å². The number of aliphatic hydroxyl groups excluding tert-OH is 1. The summed E-state index contributed by atoms with van der Waals surface area (Å²) in [5.41, 5.74) is 2.89. The lowest BCUT2D eigenvalue weighted by atomic mass is 9.93. The van der Waals surface area contributed by atoms with Crippen molar-refractivity contribution in [2.45, 2.75) is 77.1 Å². The molecule has 0 spiro atoms. The second-order valence-electron chi connectivity index (χ2n) is 11.5. The Morgan fingerprint density at radius 2 is 1.55 bits per heavy atom. The number of ether oxygens (including phenoxy) is 1. The van der Waals surface area contributed by atoms with Crippen LogP contribution in [0.5, 0.6) is 11.5 Å². The van der Waals surface area contributed by atoms with E-state index >= 15 is 0 Å². The van der Waals surface area contributed by atoms with E-state index in [2.05, 4.69) is 47.0 Å². The molecular formula is C31H45ClN4O5S. The number of carbonyl (C=O) groups excluding carboxylic acids is 1. The van der Waals surface area contributed by atoms with E-state index in [-0.39, 0.29) is 36.6 Å². The Balaban J connectivity index is 0.00000484. The van der Waals surface area contributed by atoms with E-state index in [9.17, 15) is 18.3 Å². The standard InChI is InChI=1S/C31H44N4O5S.ClH/c1-23(2)16-21-35(31(37)32-25-6-10-28(36)11-7-25)27-17-19-34(20-18-27)22-24-4-12-29(13-5-24)40-30-14-8-26(9-15-30)33-41(3,38)39;/h4-5,8-9,12-16,25,27-28,33,36H,6-7,10-11,17-22H2,1-3H3,(H,32,37);1H/t25-,28+;. The lowest BCUT2D eigenvalue weighted by molar-refractivity contribution is 0.105. The molecule has 3 N–H and O–H groups in total. The number of hydrogen-bond donors (Lipinski definition) is 3. The number of nitrogens with one attached hydrogen (secondary N) is 2. The molecule has 9 nitrogen and oxygen atoms in total. The van der Waals surface area contributed by atoms with Gasteiger partial charge in [0.05, 0.1) is 12.4 Å². The van der Waals surface area contributed by atoms with E-state index in [0.29, 0.717) is 23.7 Å². The molecule has 2 aromatic rings. The molecule has 1 saturated heterocycles. The van der Waals surface area contributed by atoms with Gasteiger partial charge in [-0.3, -0.25) is 9.62 Å². The van der Waals surface area contributed by atoms with E-state index in [1.165, 1.54) is 11.1 Å². The molecule has 0 bridgehead atoms. The minimum absolute atomic E-state index is 0. The van der Waals surface area contributed by atoms with Gasteiger partial charge < -0.3 is 20.1 Å². The van der Waals surface area contributed by atoms with Crippen LogP contribution in [-0.4, -0.2) is 73.4 Å². The molecule has 0 unspecified atom stereocenters. The average Bonchev–Trinajstić information content (AvgIpc) is 2.92. The number of hydrogen-bond acceptors (Lipinski definition) is 6. The summed E-state index contributed by atoms with van der Waals surface area (Å²) in [6.45, 7) is 7.42. The Bertz CT molecular complexity index is 1270. The van der Waals surface area contributed by atoms with Gasteiger partial charge in [-0.15, -0.1) is 12.4 Å². The number of carbonyl (C=O) groups is 1. The summed E-state index contributed by atoms with van der Waals surface area (Å²) in [5.74, 6) is 1.34. The topological polar surface area (TPSA) is 111 Å². The van der Waals surface area contributed by atoms with Crippen molar-refractivity contribution in [3.8, 4) is 11.5 Å². The van der Waals surface area contributed by atoms with Gasteiger partial charge in [-0.1, -0.05) is 23.8 Å². The zero-order chi connectivity index (χ0) is 29.4. The van der Waals surface area contributed by atoms with E-state index in [1.807, 2.05) is 17.0 Å². The molecule has 1 heterocycles. The zero-order valence-electron chi connectivity index (χ0n) is 24.8. The van der Waals surface area contributed by atoms with Crippen molar-refractivity contribution < 1.29 is 23.1 Å². The van der Waals surface area contributed by atoms with Gasteiger partial charge in [0.2, 0.25) is 10.0 Å². The molecule has 1 aliphatic carbocycles. The van der Waals surface area contributed by atoms with Crippen LogP contribution in [0.4, 0.5) is 10.5 Å². The first-order valence-corrected chi connectivity index (χ1v) is 16.4. The third-order valence-electron chi connectivity index (χ3n) is 7.70. The normalized spacial score (nSPS) is 19.7. The summed E-state index contributed by atoms with van der Waals surface area (Å²) >= 11 is 0. The smallest absolute Gasteiger partial charge is 0.318 e. The molecule has 2 amide bonds. The van der Waals surface area contributed by atoms with Gasteiger partial charge in [0.1, 0.15) is 11.5 Å². The fourth-order valence-electron chi connectivity index (χ4n) is 5.41. The maximum atomic E-state index is 13.3. The number of piperidine rings is 1. The molecule has 42 heavy (non-hydrogen) atoms. The summed E-state index contributed by atoms with van der Waals surface area (Å²) in [6, 6.07) is 15.2. The molecular weight excluding hydrogens is 576 g/mol. The quantitative estimate of drug-likeness (QED) is 0.302. The van der Waals surface area contributed by atoms with E-state index in [0.717, 1.165) is 64.4 Å². The number of nitrogens with zero attached hydrogens (tertiary/aromatic N) is 2. The summed E-state index contributed by atoms with van der Waals surface area (Å²) in [6.07, 6.45) is 8.04. The average molecular weight is 621 g/mol. The van der Waals surface area contributed by atoms with E-state index < -0.39 is 10.0 Å². The van der Waals surface area contributed by atoms with Gasteiger partial charge in [-0.25, -0.2) is 13.2 Å². The first kappa shape index (κ1) is 33.7. The lowest BCUT2D eigenvalue weighted by Gasteiger charge is -2.39.